The van der Waals surface area contributed by atoms with Crippen LogP contribution in [0.2, 0.25) is 0 Å². The minimum atomic E-state index is -0.394. The van der Waals surface area contributed by atoms with E-state index < -0.39 is 5.82 Å². The smallest absolute Gasteiger partial charge is 0.261 e. The first kappa shape index (κ1) is 20.4. The number of nitrogens with one attached hydrogen (secondary N) is 1. The zero-order chi connectivity index (χ0) is 19.6. The molecule has 5 nitrogen and oxygen atoms in total. The Balaban J connectivity index is 2.16. The Morgan fingerprint density at radius 1 is 1.41 bits per heavy atom. The summed E-state index contributed by atoms with van der Waals surface area (Å²) in [5.74, 6) is 0.893. The highest BCUT2D eigenvalue weighted by Gasteiger charge is 2.27. The zero-order valence-electron chi connectivity index (χ0n) is 16.3. The predicted octanol–water partition coefficient (Wildman–Crippen LogP) is 3.70. The highest BCUT2D eigenvalue weighted by atomic mass is 79.9. The first-order valence-corrected chi connectivity index (χ1v) is 10.6. The van der Waals surface area contributed by atoms with E-state index in [1.54, 1.807) is 10.6 Å². The van der Waals surface area contributed by atoms with Gasteiger partial charge in [-0.15, -0.1) is 0 Å². The molecule has 148 valence electrons. The number of aromatic nitrogens is 2. The van der Waals surface area contributed by atoms with E-state index >= 15 is 0 Å². The van der Waals surface area contributed by atoms with Crippen LogP contribution in [0.3, 0.4) is 0 Å². The molecule has 0 unspecified atom stereocenters. The van der Waals surface area contributed by atoms with Crippen molar-refractivity contribution in [3.05, 3.63) is 38.6 Å². The number of rotatable bonds is 5. The fourth-order valence-corrected chi connectivity index (χ4v) is 4.30. The molecule has 1 aliphatic rings. The third-order valence-corrected chi connectivity index (χ3v) is 5.87. The van der Waals surface area contributed by atoms with Crippen molar-refractivity contribution in [2.45, 2.75) is 46.2 Å². The number of halogens is 2. The number of hydrogen-bond acceptors (Lipinski definition) is 4. The van der Waals surface area contributed by atoms with Crippen molar-refractivity contribution < 1.29 is 4.39 Å². The van der Waals surface area contributed by atoms with Crippen LogP contribution in [-0.2, 0) is 6.54 Å². The Hall–Kier alpha value is -1.31. The van der Waals surface area contributed by atoms with E-state index in [0.29, 0.717) is 27.8 Å². The molecule has 1 fully saturated rings. The summed E-state index contributed by atoms with van der Waals surface area (Å²) in [4.78, 5) is 20.3. The molecule has 3 rings (SSSR count). The van der Waals surface area contributed by atoms with Crippen molar-refractivity contribution >= 4 is 26.8 Å². The lowest BCUT2D eigenvalue weighted by molar-refractivity contribution is 0.169. The second-order valence-corrected chi connectivity index (χ2v) is 8.27. The maximum atomic E-state index is 14.1. The van der Waals surface area contributed by atoms with Gasteiger partial charge in [-0.05, 0) is 47.8 Å². The lowest BCUT2D eigenvalue weighted by atomic mass is 10.1. The Bertz CT molecular complexity index is 869. The van der Waals surface area contributed by atoms with Gasteiger partial charge in [0.1, 0.15) is 11.6 Å². The fourth-order valence-electron chi connectivity index (χ4n) is 3.95. The molecular formula is C20H28BrFN4O. The molecule has 2 atom stereocenters. The number of hydrogen-bond donors (Lipinski definition) is 1. The SMILES string of the molecule is CCC[C@@H](c1nc2cc(F)c(Br)cc2c(=O)n1CC)N1CCNC[C@H](C)C1. The average Bonchev–Trinajstić information content (AvgIpc) is 2.85. The lowest BCUT2D eigenvalue weighted by Crippen LogP contribution is -2.38. The fraction of sp³-hybridized carbons (Fsp3) is 0.600. The minimum absolute atomic E-state index is 0.0566. The largest absolute Gasteiger partial charge is 0.315 e. The lowest BCUT2D eigenvalue weighted by Gasteiger charge is -2.32. The van der Waals surface area contributed by atoms with Crippen LogP contribution in [0.5, 0.6) is 0 Å². The predicted molar refractivity (Wildman–Crippen MR) is 111 cm³/mol. The highest BCUT2D eigenvalue weighted by Crippen LogP contribution is 2.28. The molecule has 0 aliphatic carbocycles. The van der Waals surface area contributed by atoms with Crippen molar-refractivity contribution in [2.75, 3.05) is 26.2 Å². The van der Waals surface area contributed by atoms with Crippen LogP contribution in [0.15, 0.2) is 21.4 Å². The Morgan fingerprint density at radius 2 is 2.19 bits per heavy atom. The second-order valence-electron chi connectivity index (χ2n) is 7.41. The van der Waals surface area contributed by atoms with Gasteiger partial charge < -0.3 is 5.32 Å². The molecule has 27 heavy (non-hydrogen) atoms. The van der Waals surface area contributed by atoms with Crippen LogP contribution < -0.4 is 10.9 Å². The Kier molecular flexibility index (Phi) is 6.65. The summed E-state index contributed by atoms with van der Waals surface area (Å²) >= 11 is 3.18. The third kappa shape index (κ3) is 4.25. The van der Waals surface area contributed by atoms with Crippen molar-refractivity contribution in [1.29, 1.82) is 0 Å². The minimum Gasteiger partial charge on any atom is -0.315 e. The van der Waals surface area contributed by atoms with E-state index in [-0.39, 0.29) is 11.6 Å². The van der Waals surface area contributed by atoms with Crippen LogP contribution >= 0.6 is 15.9 Å². The van der Waals surface area contributed by atoms with Gasteiger partial charge in [0, 0.05) is 32.2 Å². The van der Waals surface area contributed by atoms with E-state index in [4.69, 9.17) is 4.98 Å². The quantitative estimate of drug-likeness (QED) is 0.772. The Morgan fingerprint density at radius 3 is 2.89 bits per heavy atom. The van der Waals surface area contributed by atoms with Crippen LogP contribution in [0.25, 0.3) is 10.9 Å². The normalized spacial score (nSPS) is 20.0. The molecule has 1 saturated heterocycles. The summed E-state index contributed by atoms with van der Waals surface area (Å²) in [5.41, 5.74) is 0.336. The van der Waals surface area contributed by atoms with Gasteiger partial charge in [0.05, 0.1) is 21.4 Å². The van der Waals surface area contributed by atoms with E-state index in [2.05, 4.69) is 40.0 Å². The second kappa shape index (κ2) is 8.80. The van der Waals surface area contributed by atoms with Gasteiger partial charge >= 0.3 is 0 Å². The van der Waals surface area contributed by atoms with E-state index in [0.717, 1.165) is 44.8 Å². The van der Waals surface area contributed by atoms with Gasteiger partial charge in [-0.1, -0.05) is 20.3 Å². The van der Waals surface area contributed by atoms with Crippen molar-refractivity contribution in [2.24, 2.45) is 5.92 Å². The van der Waals surface area contributed by atoms with Gasteiger partial charge in [0.25, 0.3) is 5.56 Å². The molecule has 2 aromatic rings. The highest BCUT2D eigenvalue weighted by molar-refractivity contribution is 9.10. The monoisotopic (exact) mass is 438 g/mol. The maximum absolute atomic E-state index is 14.1. The molecule has 0 amide bonds. The van der Waals surface area contributed by atoms with Crippen molar-refractivity contribution in [3.63, 3.8) is 0 Å². The average molecular weight is 439 g/mol. The third-order valence-electron chi connectivity index (χ3n) is 5.26. The summed E-state index contributed by atoms with van der Waals surface area (Å²) in [6, 6.07) is 2.96. The summed E-state index contributed by atoms with van der Waals surface area (Å²) < 4.78 is 16.1. The molecule has 1 aliphatic heterocycles. The first-order chi connectivity index (χ1) is 13.0. The van der Waals surface area contributed by atoms with Crippen LogP contribution in [0.4, 0.5) is 4.39 Å². The molecule has 0 spiro atoms. The molecule has 7 heteroatoms. The van der Waals surface area contributed by atoms with E-state index in [9.17, 15) is 9.18 Å². The molecular weight excluding hydrogens is 411 g/mol. The van der Waals surface area contributed by atoms with Crippen molar-refractivity contribution in [1.82, 2.24) is 19.8 Å². The Labute approximate surface area is 168 Å². The summed E-state index contributed by atoms with van der Waals surface area (Å²) in [5, 5.41) is 3.93. The maximum Gasteiger partial charge on any atom is 0.261 e. The molecule has 1 aromatic carbocycles. The van der Waals surface area contributed by atoms with Crippen LogP contribution in [0.1, 0.15) is 45.5 Å². The van der Waals surface area contributed by atoms with Gasteiger partial charge in [-0.2, -0.15) is 0 Å². The first-order valence-electron chi connectivity index (χ1n) is 9.80. The van der Waals surface area contributed by atoms with Crippen molar-refractivity contribution in [3.8, 4) is 0 Å². The van der Waals surface area contributed by atoms with Crippen LogP contribution in [0, 0.1) is 11.7 Å². The van der Waals surface area contributed by atoms with Gasteiger partial charge in [-0.25, -0.2) is 9.37 Å². The molecule has 1 aromatic heterocycles. The molecule has 0 radical (unpaired) electrons. The summed E-state index contributed by atoms with van der Waals surface area (Å²) in [7, 11) is 0. The van der Waals surface area contributed by atoms with E-state index in [1.165, 1.54) is 6.07 Å². The topological polar surface area (TPSA) is 50.2 Å². The van der Waals surface area contributed by atoms with Gasteiger partial charge in [0.2, 0.25) is 0 Å². The number of nitrogens with zero attached hydrogens (tertiary/aromatic N) is 3. The van der Waals surface area contributed by atoms with Crippen LogP contribution in [-0.4, -0.2) is 40.6 Å². The summed E-state index contributed by atoms with van der Waals surface area (Å²) in [6.07, 6.45) is 1.92. The standard InChI is InChI=1S/C20H28BrFN4O/c1-4-6-18(25-8-7-23-11-13(3)12-25)19-24-17-10-16(22)15(21)9-14(17)20(27)26(19)5-2/h9-10,13,18,23H,4-8,11-12H2,1-3H3/t13-,18-/m0/s1. The molecule has 0 saturated carbocycles. The molecule has 0 bridgehead atoms. The van der Waals surface area contributed by atoms with Gasteiger partial charge in [-0.3, -0.25) is 14.3 Å². The van der Waals surface area contributed by atoms with E-state index in [1.807, 2.05) is 6.92 Å². The molecule has 1 N–H and O–H groups in total. The van der Waals surface area contributed by atoms with Gasteiger partial charge in [0.15, 0.2) is 0 Å². The number of benzene rings is 1. The number of fused-ring (bicyclic) bond motifs is 1. The molecule has 2 heterocycles. The summed E-state index contributed by atoms with van der Waals surface area (Å²) in [6.45, 7) is 10.7. The zero-order valence-corrected chi connectivity index (χ0v) is 17.9.